The Bertz CT molecular complexity index is 725. The molecular weight excluding hydrogens is 326 g/mol. The van der Waals surface area contributed by atoms with Gasteiger partial charge in [-0.25, -0.2) is 8.42 Å². The molecule has 4 nitrogen and oxygen atoms in total. The lowest BCUT2D eigenvalue weighted by Crippen LogP contribution is -2.39. The number of thioether (sulfide) groups is 1. The lowest BCUT2D eigenvalue weighted by molar-refractivity contribution is -0.123. The van der Waals surface area contributed by atoms with Gasteiger partial charge in [0, 0.05) is 0 Å². The summed E-state index contributed by atoms with van der Waals surface area (Å²) in [6.45, 7) is 0. The van der Waals surface area contributed by atoms with E-state index in [1.807, 2.05) is 30.3 Å². The first-order valence-corrected chi connectivity index (χ1v) is 9.53. The monoisotopic (exact) mass is 339 g/mol. The maximum Gasteiger partial charge on any atom is 0.266 e. The van der Waals surface area contributed by atoms with Gasteiger partial charge >= 0.3 is 0 Å². The Kier molecular flexibility index (Phi) is 3.90. The Balaban J connectivity index is 1.85. The number of hydrogen-bond acceptors (Lipinski definition) is 5. The highest BCUT2D eigenvalue weighted by Crippen LogP contribution is 2.36. The lowest BCUT2D eigenvalue weighted by Gasteiger charge is -2.20. The second-order valence-electron chi connectivity index (χ2n) is 5.02. The predicted octanol–water partition coefficient (Wildman–Crippen LogP) is 2.07. The van der Waals surface area contributed by atoms with E-state index in [0.29, 0.717) is 15.6 Å². The SMILES string of the molecule is O=C1/C(=C/c2ccccc2)SC(=S)N1[C@@H]1CCS(=O)(=O)C1. The summed E-state index contributed by atoms with van der Waals surface area (Å²) in [6, 6.07) is 9.21. The summed E-state index contributed by atoms with van der Waals surface area (Å²) in [6.07, 6.45) is 2.26. The van der Waals surface area contributed by atoms with Gasteiger partial charge in [0.1, 0.15) is 4.32 Å². The minimum Gasteiger partial charge on any atom is -0.289 e. The molecule has 21 heavy (non-hydrogen) atoms. The Hall–Kier alpha value is -1.18. The van der Waals surface area contributed by atoms with Crippen molar-refractivity contribution in [2.75, 3.05) is 11.5 Å². The molecule has 0 aliphatic carbocycles. The van der Waals surface area contributed by atoms with E-state index >= 15 is 0 Å². The fourth-order valence-electron chi connectivity index (χ4n) is 2.47. The molecular formula is C14H13NO3S3. The fraction of sp³-hybridized carbons (Fsp3) is 0.286. The summed E-state index contributed by atoms with van der Waals surface area (Å²) >= 11 is 6.49. The van der Waals surface area contributed by atoms with E-state index in [0.717, 1.165) is 5.56 Å². The number of amides is 1. The number of sulfone groups is 1. The largest absolute Gasteiger partial charge is 0.289 e. The van der Waals surface area contributed by atoms with Crippen LogP contribution in [-0.4, -0.2) is 41.1 Å². The van der Waals surface area contributed by atoms with Gasteiger partial charge in [-0.15, -0.1) is 0 Å². The van der Waals surface area contributed by atoms with Gasteiger partial charge in [-0.05, 0) is 18.1 Å². The minimum absolute atomic E-state index is 0.0120. The third-order valence-electron chi connectivity index (χ3n) is 3.49. The van der Waals surface area contributed by atoms with Gasteiger partial charge in [0.05, 0.1) is 22.5 Å². The van der Waals surface area contributed by atoms with Gasteiger partial charge in [0.15, 0.2) is 9.84 Å². The van der Waals surface area contributed by atoms with Crippen molar-refractivity contribution >= 4 is 50.1 Å². The molecule has 1 aromatic rings. The average Bonchev–Trinajstić information content (AvgIpc) is 2.91. The first kappa shape index (κ1) is 14.7. The van der Waals surface area contributed by atoms with Crippen LogP contribution in [0.5, 0.6) is 0 Å². The maximum absolute atomic E-state index is 12.5. The zero-order valence-electron chi connectivity index (χ0n) is 11.1. The van der Waals surface area contributed by atoms with Crippen LogP contribution in [0.25, 0.3) is 6.08 Å². The molecule has 1 atom stereocenters. The highest BCUT2D eigenvalue weighted by atomic mass is 32.2. The lowest BCUT2D eigenvalue weighted by atomic mass is 10.2. The quantitative estimate of drug-likeness (QED) is 0.610. The summed E-state index contributed by atoms with van der Waals surface area (Å²) in [7, 11) is -3.04. The molecule has 7 heteroatoms. The third kappa shape index (κ3) is 3.04. The molecule has 2 aliphatic heterocycles. The standard InChI is InChI=1S/C14H13NO3S3/c16-13-12(8-10-4-2-1-3-5-10)20-14(19)15(13)11-6-7-21(17,18)9-11/h1-5,8,11H,6-7,9H2/b12-8-/t11-/m1/s1. The molecule has 0 radical (unpaired) electrons. The number of hydrogen-bond donors (Lipinski definition) is 0. The molecule has 2 aliphatic rings. The van der Waals surface area contributed by atoms with E-state index in [-0.39, 0.29) is 23.5 Å². The smallest absolute Gasteiger partial charge is 0.266 e. The molecule has 1 aromatic carbocycles. The van der Waals surface area contributed by atoms with Crippen molar-refractivity contribution in [1.82, 2.24) is 4.90 Å². The van der Waals surface area contributed by atoms with Crippen molar-refractivity contribution in [2.24, 2.45) is 0 Å². The van der Waals surface area contributed by atoms with E-state index in [2.05, 4.69) is 0 Å². The molecule has 0 aromatic heterocycles. The molecule has 2 fully saturated rings. The van der Waals surface area contributed by atoms with Crippen LogP contribution < -0.4 is 0 Å². The summed E-state index contributed by atoms with van der Waals surface area (Å²) in [5.41, 5.74) is 0.928. The summed E-state index contributed by atoms with van der Waals surface area (Å²) in [5, 5.41) is 0. The van der Waals surface area contributed by atoms with Gasteiger partial charge in [-0.3, -0.25) is 9.69 Å². The molecule has 2 saturated heterocycles. The fourth-order valence-corrected chi connectivity index (χ4v) is 5.57. The summed E-state index contributed by atoms with van der Waals surface area (Å²) in [5.74, 6) is -0.0409. The molecule has 110 valence electrons. The molecule has 0 bridgehead atoms. The second-order valence-corrected chi connectivity index (χ2v) is 8.92. The van der Waals surface area contributed by atoms with Crippen molar-refractivity contribution in [3.8, 4) is 0 Å². The number of carbonyl (C=O) groups excluding carboxylic acids is 1. The zero-order valence-corrected chi connectivity index (χ0v) is 13.5. The number of benzene rings is 1. The Labute approximate surface area is 133 Å². The number of carbonyl (C=O) groups is 1. The molecule has 0 N–H and O–H groups in total. The van der Waals surface area contributed by atoms with Crippen molar-refractivity contribution in [3.63, 3.8) is 0 Å². The number of nitrogens with zero attached hydrogens (tertiary/aromatic N) is 1. The first-order valence-electron chi connectivity index (χ1n) is 6.49. The highest BCUT2D eigenvalue weighted by molar-refractivity contribution is 8.26. The Morgan fingerprint density at radius 1 is 1.29 bits per heavy atom. The summed E-state index contributed by atoms with van der Waals surface area (Å²) < 4.78 is 23.6. The zero-order chi connectivity index (χ0) is 15.0. The molecule has 1 amide bonds. The van der Waals surface area contributed by atoms with Crippen LogP contribution in [0, 0.1) is 0 Å². The number of rotatable bonds is 2. The van der Waals surface area contributed by atoms with Crippen molar-refractivity contribution in [3.05, 3.63) is 40.8 Å². The molecule has 0 unspecified atom stereocenters. The third-order valence-corrected chi connectivity index (χ3v) is 6.58. The highest BCUT2D eigenvalue weighted by Gasteiger charge is 2.41. The average molecular weight is 339 g/mol. The molecule has 0 saturated carbocycles. The molecule has 2 heterocycles. The van der Waals surface area contributed by atoms with Gasteiger partial charge in [0.2, 0.25) is 0 Å². The van der Waals surface area contributed by atoms with Crippen LogP contribution >= 0.6 is 24.0 Å². The van der Waals surface area contributed by atoms with E-state index in [1.165, 1.54) is 16.7 Å². The van der Waals surface area contributed by atoms with Gasteiger partial charge in [-0.1, -0.05) is 54.3 Å². The van der Waals surface area contributed by atoms with Crippen LogP contribution in [-0.2, 0) is 14.6 Å². The van der Waals surface area contributed by atoms with Crippen LogP contribution in [0.3, 0.4) is 0 Å². The van der Waals surface area contributed by atoms with E-state index in [4.69, 9.17) is 12.2 Å². The van der Waals surface area contributed by atoms with Gasteiger partial charge in [0.25, 0.3) is 5.91 Å². The maximum atomic E-state index is 12.5. The first-order chi connectivity index (χ1) is 9.96. The molecule has 3 rings (SSSR count). The Morgan fingerprint density at radius 2 is 2.00 bits per heavy atom. The van der Waals surface area contributed by atoms with Crippen molar-refractivity contribution in [2.45, 2.75) is 12.5 Å². The predicted molar refractivity (Wildman–Crippen MR) is 88.5 cm³/mol. The second kappa shape index (κ2) is 5.55. The van der Waals surface area contributed by atoms with Crippen molar-refractivity contribution < 1.29 is 13.2 Å². The van der Waals surface area contributed by atoms with Crippen molar-refractivity contribution in [1.29, 1.82) is 0 Å². The van der Waals surface area contributed by atoms with Crippen LogP contribution in [0.1, 0.15) is 12.0 Å². The van der Waals surface area contributed by atoms with E-state index in [9.17, 15) is 13.2 Å². The molecule has 0 spiro atoms. The van der Waals surface area contributed by atoms with Crippen LogP contribution in [0.2, 0.25) is 0 Å². The van der Waals surface area contributed by atoms with Crippen LogP contribution in [0.4, 0.5) is 0 Å². The topological polar surface area (TPSA) is 54.5 Å². The minimum atomic E-state index is -3.04. The van der Waals surface area contributed by atoms with E-state index < -0.39 is 9.84 Å². The Morgan fingerprint density at radius 3 is 2.62 bits per heavy atom. The number of thiocarbonyl (C=S) groups is 1. The summed E-state index contributed by atoms with van der Waals surface area (Å²) in [4.78, 5) is 14.5. The van der Waals surface area contributed by atoms with Gasteiger partial charge < -0.3 is 0 Å². The van der Waals surface area contributed by atoms with Gasteiger partial charge in [-0.2, -0.15) is 0 Å². The van der Waals surface area contributed by atoms with Crippen LogP contribution in [0.15, 0.2) is 35.2 Å². The van der Waals surface area contributed by atoms with E-state index in [1.54, 1.807) is 6.08 Å². The normalized spacial score (nSPS) is 26.8.